The fourth-order valence-corrected chi connectivity index (χ4v) is 2.42. The van der Waals surface area contributed by atoms with Gasteiger partial charge in [0.05, 0.1) is 16.3 Å². The second-order valence-electron chi connectivity index (χ2n) is 4.41. The van der Waals surface area contributed by atoms with Gasteiger partial charge in [-0.2, -0.15) is 0 Å². The van der Waals surface area contributed by atoms with Crippen LogP contribution in [0, 0.1) is 5.82 Å². The molecule has 1 atom stereocenters. The molecule has 0 aliphatic carbocycles. The molecule has 0 heterocycles. The molecule has 2 N–H and O–H groups in total. The van der Waals surface area contributed by atoms with Crippen molar-refractivity contribution in [3.8, 4) is 0 Å². The largest absolute Gasteiger partial charge is 0.480 e. The second-order valence-corrected chi connectivity index (χ2v) is 7.07. The summed E-state index contributed by atoms with van der Waals surface area (Å²) in [6.45, 7) is 0. The first-order chi connectivity index (χ1) is 9.60. The average Bonchev–Trinajstić information content (AvgIpc) is 2.32. The molecular formula is C12H13ClFNO5S. The van der Waals surface area contributed by atoms with Crippen molar-refractivity contribution in [2.75, 3.05) is 12.0 Å². The molecule has 0 spiro atoms. The monoisotopic (exact) mass is 337 g/mol. The molecule has 0 bridgehead atoms. The summed E-state index contributed by atoms with van der Waals surface area (Å²) in [7, 11) is -3.36. The number of carbonyl (C=O) groups is 2. The molecule has 0 fully saturated rings. The van der Waals surface area contributed by atoms with Crippen LogP contribution in [-0.2, 0) is 14.6 Å². The molecule has 0 saturated carbocycles. The highest BCUT2D eigenvalue weighted by Gasteiger charge is 2.23. The van der Waals surface area contributed by atoms with Crippen molar-refractivity contribution in [3.05, 3.63) is 34.6 Å². The molecule has 1 amide bonds. The number of hydrogen-bond donors (Lipinski definition) is 2. The lowest BCUT2D eigenvalue weighted by atomic mass is 10.1. The van der Waals surface area contributed by atoms with Gasteiger partial charge in [-0.15, -0.1) is 0 Å². The SMILES string of the molecule is CS(=O)(=O)CCC(NC(=O)c1ccc(F)cc1Cl)C(=O)O. The summed E-state index contributed by atoms with van der Waals surface area (Å²) in [4.78, 5) is 22.9. The summed E-state index contributed by atoms with van der Waals surface area (Å²) in [5.41, 5.74) is -0.0938. The van der Waals surface area contributed by atoms with E-state index in [4.69, 9.17) is 16.7 Å². The Hall–Kier alpha value is -1.67. The van der Waals surface area contributed by atoms with Crippen molar-refractivity contribution < 1.29 is 27.5 Å². The Kier molecular flexibility index (Phi) is 5.68. The third kappa shape index (κ3) is 5.68. The van der Waals surface area contributed by atoms with E-state index >= 15 is 0 Å². The zero-order chi connectivity index (χ0) is 16.2. The smallest absolute Gasteiger partial charge is 0.326 e. The van der Waals surface area contributed by atoms with E-state index in [1.54, 1.807) is 0 Å². The lowest BCUT2D eigenvalue weighted by Crippen LogP contribution is -2.42. The van der Waals surface area contributed by atoms with Crippen LogP contribution in [0.1, 0.15) is 16.8 Å². The van der Waals surface area contributed by atoms with Gasteiger partial charge < -0.3 is 10.4 Å². The highest BCUT2D eigenvalue weighted by molar-refractivity contribution is 7.90. The van der Waals surface area contributed by atoms with E-state index in [1.807, 2.05) is 0 Å². The van der Waals surface area contributed by atoms with Crippen LogP contribution >= 0.6 is 11.6 Å². The number of halogens is 2. The maximum absolute atomic E-state index is 12.9. The van der Waals surface area contributed by atoms with Gasteiger partial charge in [-0.25, -0.2) is 17.6 Å². The van der Waals surface area contributed by atoms with Crippen LogP contribution in [0.2, 0.25) is 5.02 Å². The molecule has 116 valence electrons. The molecule has 0 aliphatic heterocycles. The molecule has 6 nitrogen and oxygen atoms in total. The van der Waals surface area contributed by atoms with Crippen molar-refractivity contribution in [1.82, 2.24) is 5.32 Å². The number of hydrogen-bond acceptors (Lipinski definition) is 4. The Bertz CT molecular complexity index is 662. The lowest BCUT2D eigenvalue weighted by Gasteiger charge is -2.14. The molecule has 21 heavy (non-hydrogen) atoms. The normalized spacial score (nSPS) is 12.7. The summed E-state index contributed by atoms with van der Waals surface area (Å²) in [6.07, 6.45) is 0.684. The third-order valence-electron chi connectivity index (χ3n) is 2.56. The summed E-state index contributed by atoms with van der Waals surface area (Å²) in [6, 6.07) is 1.66. The number of benzene rings is 1. The number of carbonyl (C=O) groups excluding carboxylic acids is 1. The van der Waals surface area contributed by atoms with Crippen LogP contribution < -0.4 is 5.32 Å². The van der Waals surface area contributed by atoms with Gasteiger partial charge in [-0.05, 0) is 24.6 Å². The molecule has 0 radical (unpaired) electrons. The molecular weight excluding hydrogens is 325 g/mol. The minimum Gasteiger partial charge on any atom is -0.480 e. The van der Waals surface area contributed by atoms with E-state index in [-0.39, 0.29) is 22.8 Å². The fourth-order valence-electron chi connectivity index (χ4n) is 1.50. The minimum atomic E-state index is -3.36. The number of rotatable bonds is 6. The maximum atomic E-state index is 12.9. The highest BCUT2D eigenvalue weighted by atomic mass is 35.5. The van der Waals surface area contributed by atoms with Gasteiger partial charge in [-0.1, -0.05) is 11.6 Å². The van der Waals surface area contributed by atoms with E-state index in [9.17, 15) is 22.4 Å². The van der Waals surface area contributed by atoms with Crippen molar-refractivity contribution >= 4 is 33.3 Å². The molecule has 1 aromatic rings. The van der Waals surface area contributed by atoms with Gasteiger partial charge in [0, 0.05) is 6.26 Å². The van der Waals surface area contributed by atoms with Crippen LogP contribution in [0.25, 0.3) is 0 Å². The van der Waals surface area contributed by atoms with Crippen LogP contribution in [-0.4, -0.2) is 43.5 Å². The van der Waals surface area contributed by atoms with Crippen LogP contribution in [0.5, 0.6) is 0 Å². The highest BCUT2D eigenvalue weighted by Crippen LogP contribution is 2.17. The van der Waals surface area contributed by atoms with Gasteiger partial charge in [-0.3, -0.25) is 4.79 Å². The van der Waals surface area contributed by atoms with Gasteiger partial charge in [0.15, 0.2) is 0 Å². The minimum absolute atomic E-state index is 0.0938. The van der Waals surface area contributed by atoms with E-state index < -0.39 is 33.6 Å². The first-order valence-electron chi connectivity index (χ1n) is 5.76. The predicted octanol–water partition coefficient (Wildman–Crippen LogP) is 1.10. The van der Waals surface area contributed by atoms with E-state index in [1.165, 1.54) is 0 Å². The fraction of sp³-hybridized carbons (Fsp3) is 0.333. The quantitative estimate of drug-likeness (QED) is 0.809. The Morgan fingerprint density at radius 2 is 2.05 bits per heavy atom. The first-order valence-corrected chi connectivity index (χ1v) is 8.20. The number of carboxylic acids is 1. The molecule has 1 unspecified atom stereocenters. The topological polar surface area (TPSA) is 101 Å². The zero-order valence-electron chi connectivity index (χ0n) is 11.0. The molecule has 1 rings (SSSR count). The summed E-state index contributed by atoms with van der Waals surface area (Å²) in [5, 5.41) is 11.0. The van der Waals surface area contributed by atoms with Gasteiger partial charge >= 0.3 is 5.97 Å². The summed E-state index contributed by atoms with van der Waals surface area (Å²) >= 11 is 5.69. The maximum Gasteiger partial charge on any atom is 0.326 e. The lowest BCUT2D eigenvalue weighted by molar-refractivity contribution is -0.139. The van der Waals surface area contributed by atoms with Gasteiger partial charge in [0.25, 0.3) is 5.91 Å². The van der Waals surface area contributed by atoms with Crippen LogP contribution in [0.4, 0.5) is 4.39 Å². The molecule has 1 aromatic carbocycles. The Morgan fingerprint density at radius 3 is 2.52 bits per heavy atom. The van der Waals surface area contributed by atoms with E-state index in [0.717, 1.165) is 24.5 Å². The number of carboxylic acid groups (broad SMARTS) is 1. The summed E-state index contributed by atoms with van der Waals surface area (Å²) in [5.74, 6) is -3.21. The Balaban J connectivity index is 2.84. The molecule has 9 heteroatoms. The number of aliphatic carboxylic acids is 1. The Labute approximate surface area is 125 Å². The molecule has 0 saturated heterocycles. The molecule has 0 aliphatic rings. The molecule has 0 aromatic heterocycles. The van der Waals surface area contributed by atoms with Gasteiger partial charge in [0.1, 0.15) is 21.7 Å². The number of nitrogens with one attached hydrogen (secondary N) is 1. The van der Waals surface area contributed by atoms with Crippen LogP contribution in [0.3, 0.4) is 0 Å². The van der Waals surface area contributed by atoms with E-state index in [0.29, 0.717) is 0 Å². The number of sulfone groups is 1. The Morgan fingerprint density at radius 1 is 1.43 bits per heavy atom. The van der Waals surface area contributed by atoms with Crippen molar-refractivity contribution in [1.29, 1.82) is 0 Å². The second kappa shape index (κ2) is 6.86. The standard InChI is InChI=1S/C12H13ClFNO5S/c1-21(19,20)5-4-10(12(17)18)15-11(16)8-3-2-7(14)6-9(8)13/h2-3,6,10H,4-5H2,1H3,(H,15,16)(H,17,18). The first kappa shape index (κ1) is 17.4. The van der Waals surface area contributed by atoms with E-state index in [2.05, 4.69) is 5.32 Å². The average molecular weight is 338 g/mol. The summed E-state index contributed by atoms with van der Waals surface area (Å²) < 4.78 is 35.0. The van der Waals surface area contributed by atoms with Gasteiger partial charge in [0.2, 0.25) is 0 Å². The van der Waals surface area contributed by atoms with Crippen molar-refractivity contribution in [2.45, 2.75) is 12.5 Å². The third-order valence-corrected chi connectivity index (χ3v) is 3.85. The zero-order valence-corrected chi connectivity index (χ0v) is 12.5. The predicted molar refractivity (Wildman–Crippen MR) is 74.6 cm³/mol. The van der Waals surface area contributed by atoms with Crippen LogP contribution in [0.15, 0.2) is 18.2 Å². The van der Waals surface area contributed by atoms with Crippen molar-refractivity contribution in [3.63, 3.8) is 0 Å². The van der Waals surface area contributed by atoms with Crippen molar-refractivity contribution in [2.24, 2.45) is 0 Å². The number of amides is 1.